The van der Waals surface area contributed by atoms with Crippen LogP contribution in [-0.4, -0.2) is 36.9 Å². The van der Waals surface area contributed by atoms with Crippen LogP contribution in [0.4, 0.5) is 5.82 Å². The Morgan fingerprint density at radius 3 is 3.06 bits per heavy atom. The Hall–Kier alpha value is -1.43. The monoisotopic (exact) mass is 252 g/mol. The van der Waals surface area contributed by atoms with Crippen molar-refractivity contribution < 1.29 is 4.21 Å². The minimum Gasteiger partial charge on any atom is -0.369 e. The molecule has 6 heteroatoms. The Morgan fingerprint density at radius 1 is 1.47 bits per heavy atom. The first-order valence-corrected chi connectivity index (χ1v) is 7.08. The molecule has 0 bridgehead atoms. The molecule has 0 aliphatic heterocycles. The Kier molecular flexibility index (Phi) is 3.73. The molecule has 2 aromatic heterocycles. The van der Waals surface area contributed by atoms with E-state index in [0.717, 1.165) is 17.0 Å². The molecule has 2 rings (SSSR count). The second kappa shape index (κ2) is 5.27. The quantitative estimate of drug-likeness (QED) is 0.869. The van der Waals surface area contributed by atoms with E-state index in [1.807, 2.05) is 26.0 Å². The van der Waals surface area contributed by atoms with Crippen LogP contribution in [0.25, 0.3) is 5.65 Å². The highest BCUT2D eigenvalue weighted by Gasteiger charge is 2.04. The van der Waals surface area contributed by atoms with Crippen LogP contribution in [0.2, 0.25) is 0 Å². The highest BCUT2D eigenvalue weighted by Crippen LogP contribution is 2.12. The number of anilines is 1. The maximum atomic E-state index is 11.3. The van der Waals surface area contributed by atoms with Crippen molar-refractivity contribution in [2.75, 3.05) is 23.4 Å². The average Bonchev–Trinajstić information content (AvgIpc) is 2.76. The van der Waals surface area contributed by atoms with Gasteiger partial charge < -0.3 is 5.32 Å². The maximum Gasteiger partial charge on any atom is 0.157 e. The van der Waals surface area contributed by atoms with Gasteiger partial charge in [0, 0.05) is 28.9 Å². The van der Waals surface area contributed by atoms with Crippen molar-refractivity contribution in [3.05, 3.63) is 24.0 Å². The molecule has 0 aliphatic rings. The van der Waals surface area contributed by atoms with Crippen LogP contribution in [0.5, 0.6) is 0 Å². The van der Waals surface area contributed by atoms with Crippen molar-refractivity contribution in [2.45, 2.75) is 13.8 Å². The maximum absolute atomic E-state index is 11.3. The number of rotatable bonds is 5. The van der Waals surface area contributed by atoms with Gasteiger partial charge in [0.1, 0.15) is 12.1 Å². The van der Waals surface area contributed by atoms with E-state index in [9.17, 15) is 4.21 Å². The van der Waals surface area contributed by atoms with Gasteiger partial charge in [0.25, 0.3) is 0 Å². The van der Waals surface area contributed by atoms with E-state index in [1.165, 1.54) is 6.33 Å². The topological polar surface area (TPSA) is 59.3 Å². The van der Waals surface area contributed by atoms with E-state index in [4.69, 9.17) is 0 Å². The van der Waals surface area contributed by atoms with E-state index in [1.54, 1.807) is 4.52 Å². The number of hydrogen-bond donors (Lipinski definition) is 1. The van der Waals surface area contributed by atoms with Gasteiger partial charge in [0.15, 0.2) is 5.65 Å². The summed E-state index contributed by atoms with van der Waals surface area (Å²) in [6.07, 6.45) is 1.53. The molecular weight excluding hydrogens is 236 g/mol. The van der Waals surface area contributed by atoms with Crippen molar-refractivity contribution in [3.63, 3.8) is 0 Å². The Balaban J connectivity index is 2.12. The van der Waals surface area contributed by atoms with Crippen molar-refractivity contribution in [3.8, 4) is 0 Å². The molecule has 0 fully saturated rings. The van der Waals surface area contributed by atoms with Gasteiger partial charge in [-0.2, -0.15) is 9.61 Å². The van der Waals surface area contributed by atoms with Gasteiger partial charge in [-0.25, -0.2) is 4.98 Å². The first-order chi connectivity index (χ1) is 8.20. The lowest BCUT2D eigenvalue weighted by Gasteiger charge is -2.08. The van der Waals surface area contributed by atoms with Crippen LogP contribution < -0.4 is 5.32 Å². The average molecular weight is 252 g/mol. The fourth-order valence-corrected chi connectivity index (χ4v) is 2.24. The first-order valence-electron chi connectivity index (χ1n) is 5.60. The molecule has 0 saturated carbocycles. The number of aromatic nitrogens is 3. The highest BCUT2D eigenvalue weighted by molar-refractivity contribution is 7.84. The molecule has 0 amide bonds. The molecule has 0 saturated heterocycles. The van der Waals surface area contributed by atoms with Crippen molar-refractivity contribution in [1.82, 2.24) is 14.6 Å². The number of nitrogens with one attached hydrogen (secondary N) is 1. The largest absolute Gasteiger partial charge is 0.369 e. The van der Waals surface area contributed by atoms with Crippen LogP contribution >= 0.6 is 0 Å². The van der Waals surface area contributed by atoms with Crippen molar-refractivity contribution >= 4 is 22.3 Å². The fraction of sp³-hybridized carbons (Fsp3) is 0.455. The summed E-state index contributed by atoms with van der Waals surface area (Å²) in [6.45, 7) is 4.63. The highest BCUT2D eigenvalue weighted by atomic mass is 32.2. The Bertz CT molecular complexity index is 537. The van der Waals surface area contributed by atoms with Crippen LogP contribution in [0, 0.1) is 6.92 Å². The summed E-state index contributed by atoms with van der Waals surface area (Å²) in [6, 6.07) is 3.99. The summed E-state index contributed by atoms with van der Waals surface area (Å²) < 4.78 is 13.1. The second-order valence-electron chi connectivity index (χ2n) is 3.81. The minimum absolute atomic E-state index is 0.653. The number of fused-ring (bicyclic) bond motifs is 1. The minimum atomic E-state index is -0.738. The molecule has 0 spiro atoms. The zero-order valence-electron chi connectivity index (χ0n) is 10.0. The van der Waals surface area contributed by atoms with Gasteiger partial charge in [0.2, 0.25) is 0 Å². The van der Waals surface area contributed by atoms with Gasteiger partial charge in [-0.15, -0.1) is 0 Å². The van der Waals surface area contributed by atoms with Gasteiger partial charge in [-0.05, 0) is 24.6 Å². The molecule has 1 atom stereocenters. The van der Waals surface area contributed by atoms with E-state index < -0.39 is 10.8 Å². The number of pyridine rings is 1. The number of nitrogens with zero attached hydrogens (tertiary/aromatic N) is 3. The van der Waals surface area contributed by atoms with Crippen LogP contribution in [0.1, 0.15) is 12.5 Å². The molecule has 17 heavy (non-hydrogen) atoms. The Morgan fingerprint density at radius 2 is 2.29 bits per heavy atom. The fourth-order valence-electron chi connectivity index (χ4n) is 1.62. The third-order valence-electron chi connectivity index (χ3n) is 2.48. The van der Waals surface area contributed by atoms with E-state index in [2.05, 4.69) is 15.4 Å². The van der Waals surface area contributed by atoms with Gasteiger partial charge in [-0.3, -0.25) is 4.21 Å². The van der Waals surface area contributed by atoms with Crippen molar-refractivity contribution in [2.24, 2.45) is 0 Å². The van der Waals surface area contributed by atoms with E-state index >= 15 is 0 Å². The van der Waals surface area contributed by atoms with Crippen LogP contribution in [-0.2, 0) is 10.8 Å². The standard InChI is InChI=1S/C11H16N4OS/c1-3-17(16)5-4-12-10-6-9(2)7-11-13-8-14-15(10)11/h6-8,12H,3-5H2,1-2H3. The predicted octanol–water partition coefficient (Wildman–Crippen LogP) is 1.22. The smallest absolute Gasteiger partial charge is 0.157 e. The normalized spacial score (nSPS) is 12.8. The number of aryl methyl sites for hydroxylation is 1. The lowest BCUT2D eigenvalue weighted by Crippen LogP contribution is -2.14. The third kappa shape index (κ3) is 2.82. The molecule has 0 aliphatic carbocycles. The summed E-state index contributed by atoms with van der Waals surface area (Å²) >= 11 is 0. The molecule has 2 heterocycles. The van der Waals surface area contributed by atoms with Crippen LogP contribution in [0.3, 0.4) is 0 Å². The lowest BCUT2D eigenvalue weighted by atomic mass is 10.3. The van der Waals surface area contributed by atoms with Gasteiger partial charge in [0.05, 0.1) is 0 Å². The lowest BCUT2D eigenvalue weighted by molar-refractivity contribution is 0.684. The van der Waals surface area contributed by atoms with Crippen molar-refractivity contribution in [1.29, 1.82) is 0 Å². The number of hydrogen-bond acceptors (Lipinski definition) is 4. The zero-order valence-corrected chi connectivity index (χ0v) is 10.8. The first kappa shape index (κ1) is 12.0. The van der Waals surface area contributed by atoms with Gasteiger partial charge >= 0.3 is 0 Å². The molecular formula is C11H16N4OS. The summed E-state index contributed by atoms with van der Waals surface area (Å²) in [5.41, 5.74) is 1.95. The Labute approximate surface area is 103 Å². The zero-order chi connectivity index (χ0) is 12.3. The molecule has 1 unspecified atom stereocenters. The molecule has 0 radical (unpaired) electrons. The molecule has 0 aromatic carbocycles. The summed E-state index contributed by atoms with van der Waals surface area (Å²) in [5, 5.41) is 7.39. The summed E-state index contributed by atoms with van der Waals surface area (Å²) in [7, 11) is -0.738. The van der Waals surface area contributed by atoms with E-state index in [-0.39, 0.29) is 0 Å². The second-order valence-corrected chi connectivity index (χ2v) is 5.67. The summed E-state index contributed by atoms with van der Waals surface area (Å²) in [5.74, 6) is 2.25. The van der Waals surface area contributed by atoms with Gasteiger partial charge in [-0.1, -0.05) is 6.92 Å². The molecule has 1 N–H and O–H groups in total. The third-order valence-corrected chi connectivity index (χ3v) is 3.78. The van der Waals surface area contributed by atoms with Crippen LogP contribution in [0.15, 0.2) is 18.5 Å². The van der Waals surface area contributed by atoms with E-state index in [0.29, 0.717) is 18.1 Å². The predicted molar refractivity (Wildman–Crippen MR) is 69.8 cm³/mol. The molecule has 2 aromatic rings. The molecule has 92 valence electrons. The summed E-state index contributed by atoms with van der Waals surface area (Å²) in [4.78, 5) is 4.15. The molecule has 5 nitrogen and oxygen atoms in total. The SMILES string of the molecule is CCS(=O)CCNc1cc(C)cc2ncnn12.